The maximum atomic E-state index is 2.55. The lowest BCUT2D eigenvalue weighted by Crippen LogP contribution is -2.55. The van der Waals surface area contributed by atoms with Gasteiger partial charge in [0.2, 0.25) is 0 Å². The second-order valence-electron chi connectivity index (χ2n) is 17.0. The lowest BCUT2D eigenvalue weighted by molar-refractivity contribution is -0.0399. The summed E-state index contributed by atoms with van der Waals surface area (Å²) < 4.78 is 0. The smallest absolute Gasteiger partial charge is 0.0468 e. The van der Waals surface area contributed by atoms with E-state index in [4.69, 9.17) is 0 Å². The minimum atomic E-state index is 0.172. The van der Waals surface area contributed by atoms with E-state index >= 15 is 0 Å². The fraction of sp³-hybridized carbons (Fsp3) is 0.185. The molecule has 8 aromatic carbocycles. The van der Waals surface area contributed by atoms with Crippen LogP contribution in [0.1, 0.15) is 43.2 Å². The van der Waals surface area contributed by atoms with Crippen molar-refractivity contribution in [3.63, 3.8) is 0 Å². The molecule has 0 N–H and O–H groups in total. The highest BCUT2D eigenvalue weighted by molar-refractivity contribution is 5.91. The van der Waals surface area contributed by atoms with Crippen molar-refractivity contribution >= 4 is 38.6 Å². The maximum Gasteiger partial charge on any atom is 0.0468 e. The topological polar surface area (TPSA) is 3.24 Å². The first-order valence-corrected chi connectivity index (χ1v) is 20.4. The van der Waals surface area contributed by atoms with Gasteiger partial charge in [-0.1, -0.05) is 127 Å². The molecule has 0 atom stereocenters. The Bertz CT molecular complexity index is 2620. The molecule has 0 radical (unpaired) electrons. The molecular weight excluding hydrogens is 663 g/mol. The van der Waals surface area contributed by atoms with E-state index in [1.54, 1.807) is 11.1 Å². The van der Waals surface area contributed by atoms with Crippen molar-refractivity contribution in [2.24, 2.45) is 23.7 Å². The van der Waals surface area contributed by atoms with Gasteiger partial charge in [-0.15, -0.1) is 0 Å². The highest BCUT2D eigenvalue weighted by Gasteiger charge is 2.61. The van der Waals surface area contributed by atoms with Gasteiger partial charge in [0.1, 0.15) is 0 Å². The summed E-state index contributed by atoms with van der Waals surface area (Å²) in [4.78, 5) is 2.47. The Balaban J connectivity index is 0.979. The molecule has 1 spiro atoms. The average molecular weight is 706 g/mol. The number of nitrogens with zero attached hydrogens (tertiary/aromatic N) is 1. The van der Waals surface area contributed by atoms with E-state index in [9.17, 15) is 0 Å². The molecule has 1 nitrogen and oxygen atoms in total. The zero-order valence-electron chi connectivity index (χ0n) is 31.0. The van der Waals surface area contributed by atoms with Gasteiger partial charge in [0, 0.05) is 22.5 Å². The Hall–Kier alpha value is -5.92. The molecule has 5 aliphatic rings. The molecule has 0 saturated heterocycles. The van der Waals surface area contributed by atoms with Crippen molar-refractivity contribution in [1.29, 1.82) is 0 Å². The summed E-state index contributed by atoms with van der Waals surface area (Å²) in [7, 11) is 0. The summed E-state index contributed by atoms with van der Waals surface area (Å²) in [6.07, 6.45) is 7.10. The summed E-state index contributed by atoms with van der Waals surface area (Å²) in [5.41, 5.74) is 14.8. The molecule has 0 aromatic heterocycles. The third-order valence-corrected chi connectivity index (χ3v) is 14.2. The second kappa shape index (κ2) is 12.0. The summed E-state index contributed by atoms with van der Waals surface area (Å²) in [6, 6.07) is 66.2. The molecular formula is C54H43N. The van der Waals surface area contributed by atoms with Gasteiger partial charge in [0.25, 0.3) is 0 Å². The third kappa shape index (κ3) is 4.78. The third-order valence-electron chi connectivity index (χ3n) is 14.2. The molecule has 1 heteroatoms. The van der Waals surface area contributed by atoms with E-state index in [1.165, 1.54) is 104 Å². The molecule has 4 fully saturated rings. The monoisotopic (exact) mass is 705 g/mol. The summed E-state index contributed by atoms with van der Waals surface area (Å²) in [6.45, 7) is 0. The zero-order valence-corrected chi connectivity index (χ0v) is 31.0. The maximum absolute atomic E-state index is 2.55. The largest absolute Gasteiger partial charge is 0.310 e. The van der Waals surface area contributed by atoms with E-state index in [-0.39, 0.29) is 5.41 Å². The predicted molar refractivity (Wildman–Crippen MR) is 230 cm³/mol. The number of rotatable bonds is 5. The SMILES string of the molecule is c1ccc2c(c1)-c1cc(N(c3ccc(-c4ccc5ccccc5c4)cc3)c3ccc(-c4ccc5ccccc5c4)cc3)ccc1C21C2CC3CC(C2)CC1C3. The zero-order chi connectivity index (χ0) is 36.1. The van der Waals surface area contributed by atoms with Crippen LogP contribution in [0.5, 0.6) is 0 Å². The van der Waals surface area contributed by atoms with Gasteiger partial charge in [0.05, 0.1) is 0 Å². The molecule has 0 aliphatic heterocycles. The Kier molecular flexibility index (Phi) is 6.88. The van der Waals surface area contributed by atoms with Gasteiger partial charge in [-0.2, -0.15) is 0 Å². The molecule has 55 heavy (non-hydrogen) atoms. The van der Waals surface area contributed by atoms with Gasteiger partial charge < -0.3 is 4.90 Å². The molecule has 4 bridgehead atoms. The van der Waals surface area contributed by atoms with E-state index in [1.807, 2.05) is 0 Å². The van der Waals surface area contributed by atoms with Crippen LogP contribution in [0.2, 0.25) is 0 Å². The van der Waals surface area contributed by atoms with E-state index in [0.29, 0.717) is 0 Å². The predicted octanol–water partition coefficient (Wildman–Crippen LogP) is 14.5. The van der Waals surface area contributed by atoms with Crippen molar-refractivity contribution in [2.75, 3.05) is 4.90 Å². The van der Waals surface area contributed by atoms with Crippen LogP contribution in [-0.2, 0) is 5.41 Å². The van der Waals surface area contributed by atoms with Crippen LogP contribution in [0.3, 0.4) is 0 Å². The molecule has 0 amide bonds. The van der Waals surface area contributed by atoms with Gasteiger partial charge in [-0.3, -0.25) is 0 Å². The van der Waals surface area contributed by atoms with Crippen molar-refractivity contribution < 1.29 is 0 Å². The average Bonchev–Trinajstić information content (AvgIpc) is 3.53. The van der Waals surface area contributed by atoms with Crippen molar-refractivity contribution in [1.82, 2.24) is 0 Å². The Morgan fingerprint density at radius 3 is 1.36 bits per heavy atom. The molecule has 13 rings (SSSR count). The Morgan fingerprint density at radius 2 is 0.800 bits per heavy atom. The number of fused-ring (bicyclic) bond motifs is 5. The first-order valence-electron chi connectivity index (χ1n) is 20.4. The molecule has 5 aliphatic carbocycles. The highest BCUT2D eigenvalue weighted by Crippen LogP contribution is 2.69. The fourth-order valence-electron chi connectivity index (χ4n) is 12.1. The van der Waals surface area contributed by atoms with Crippen LogP contribution in [0.4, 0.5) is 17.1 Å². The minimum Gasteiger partial charge on any atom is -0.310 e. The second-order valence-corrected chi connectivity index (χ2v) is 17.0. The fourth-order valence-corrected chi connectivity index (χ4v) is 12.1. The van der Waals surface area contributed by atoms with Crippen LogP contribution < -0.4 is 4.90 Å². The van der Waals surface area contributed by atoms with E-state index in [0.717, 1.165) is 23.7 Å². The molecule has 264 valence electrons. The Labute approximate surface area is 323 Å². The number of benzene rings is 8. The Morgan fingerprint density at radius 1 is 0.345 bits per heavy atom. The van der Waals surface area contributed by atoms with Crippen LogP contribution in [0, 0.1) is 23.7 Å². The van der Waals surface area contributed by atoms with E-state index < -0.39 is 0 Å². The molecule has 0 heterocycles. The van der Waals surface area contributed by atoms with Crippen LogP contribution >= 0.6 is 0 Å². The first-order chi connectivity index (χ1) is 27.2. The standard InChI is InChI=1S/C54H43N/c1-3-9-41-32-43(15-13-37(41)7-1)39-17-21-47(22-18-39)55(48-23-19-40(20-24-48)44-16-14-38-8-2-4-10-42(38)33-44)49-25-26-53-51(34-49)50-11-5-6-12-52(50)54(53)45-28-35-27-36(30-45)31-46(54)29-35/h1-26,32-36,45-46H,27-31H2. The van der Waals surface area contributed by atoms with Crippen LogP contribution in [0.15, 0.2) is 176 Å². The lowest BCUT2D eigenvalue weighted by Gasteiger charge is -2.61. The van der Waals surface area contributed by atoms with Crippen LogP contribution in [0.25, 0.3) is 54.9 Å². The quantitative estimate of drug-likeness (QED) is 0.172. The first kappa shape index (κ1) is 31.4. The summed E-state index contributed by atoms with van der Waals surface area (Å²) in [5, 5.41) is 5.09. The summed E-state index contributed by atoms with van der Waals surface area (Å²) >= 11 is 0. The van der Waals surface area contributed by atoms with Crippen molar-refractivity contribution in [3.8, 4) is 33.4 Å². The number of hydrogen-bond acceptors (Lipinski definition) is 1. The van der Waals surface area contributed by atoms with Crippen LogP contribution in [-0.4, -0.2) is 0 Å². The van der Waals surface area contributed by atoms with Gasteiger partial charge >= 0.3 is 0 Å². The summed E-state index contributed by atoms with van der Waals surface area (Å²) in [5.74, 6) is 3.40. The van der Waals surface area contributed by atoms with E-state index in [2.05, 4.69) is 181 Å². The lowest BCUT2D eigenvalue weighted by atomic mass is 9.43. The number of anilines is 3. The van der Waals surface area contributed by atoms with Crippen molar-refractivity contribution in [3.05, 3.63) is 187 Å². The normalized spacial score (nSPS) is 23.0. The number of hydrogen-bond donors (Lipinski definition) is 0. The molecule has 8 aromatic rings. The van der Waals surface area contributed by atoms with Gasteiger partial charge in [0.15, 0.2) is 0 Å². The van der Waals surface area contributed by atoms with Crippen molar-refractivity contribution in [2.45, 2.75) is 37.5 Å². The van der Waals surface area contributed by atoms with Gasteiger partial charge in [-0.25, -0.2) is 0 Å². The highest BCUT2D eigenvalue weighted by atomic mass is 15.1. The molecule has 0 unspecified atom stereocenters. The van der Waals surface area contributed by atoms with Gasteiger partial charge in [-0.05, 0) is 170 Å². The minimum absolute atomic E-state index is 0.172. The molecule has 4 saturated carbocycles.